The first-order chi connectivity index (χ1) is 11.3. The van der Waals surface area contributed by atoms with Crippen LogP contribution in [0.5, 0.6) is 0 Å². The average molecular weight is 339 g/mol. The predicted molar refractivity (Wildman–Crippen MR) is 97.1 cm³/mol. The largest absolute Gasteiger partial charge is 0.376 e. The molecule has 0 saturated heterocycles. The Kier molecular flexibility index (Phi) is 8.39. The molecule has 1 saturated carbocycles. The maximum absolute atomic E-state index is 5.98. The van der Waals surface area contributed by atoms with Gasteiger partial charge in [-0.1, -0.05) is 32.6 Å². The maximum atomic E-state index is 5.98. The van der Waals surface area contributed by atoms with Crippen LogP contribution in [-0.4, -0.2) is 37.2 Å². The molecule has 130 valence electrons. The first kappa shape index (κ1) is 18.2. The van der Waals surface area contributed by atoms with Gasteiger partial charge in [-0.25, -0.2) is 4.98 Å². The Morgan fingerprint density at radius 2 is 2.09 bits per heavy atom. The average Bonchev–Trinajstić information content (AvgIpc) is 2.88. The fourth-order valence-electron chi connectivity index (χ4n) is 2.78. The van der Waals surface area contributed by atoms with Crippen LogP contribution in [0.3, 0.4) is 0 Å². The fraction of sp³-hybridized carbons (Fsp3) is 0.765. The number of nitrogens with one attached hydrogen (secondary N) is 2. The van der Waals surface area contributed by atoms with Crippen LogP contribution >= 0.6 is 11.3 Å². The molecule has 0 aliphatic heterocycles. The van der Waals surface area contributed by atoms with Crippen LogP contribution < -0.4 is 10.6 Å². The normalized spacial score (nSPS) is 17.0. The van der Waals surface area contributed by atoms with Crippen LogP contribution in [0.4, 0.5) is 0 Å². The molecular formula is C17H30N4OS. The van der Waals surface area contributed by atoms with Crippen molar-refractivity contribution in [3.63, 3.8) is 0 Å². The summed E-state index contributed by atoms with van der Waals surface area (Å²) in [7, 11) is 1.79. The number of ether oxygens (including phenoxy) is 1. The Bertz CT molecular complexity index is 467. The van der Waals surface area contributed by atoms with E-state index < -0.39 is 0 Å². The molecule has 0 spiro atoms. The summed E-state index contributed by atoms with van der Waals surface area (Å²) in [6.45, 7) is 4.39. The number of guanidine groups is 1. The number of aromatic nitrogens is 1. The molecule has 1 aliphatic carbocycles. The Labute approximate surface area is 144 Å². The van der Waals surface area contributed by atoms with Gasteiger partial charge in [0.25, 0.3) is 0 Å². The summed E-state index contributed by atoms with van der Waals surface area (Å²) in [5, 5.41) is 7.71. The number of nitrogens with zero attached hydrogens (tertiary/aromatic N) is 2. The third-order valence-corrected chi connectivity index (χ3v) is 5.27. The van der Waals surface area contributed by atoms with Gasteiger partial charge < -0.3 is 15.4 Å². The number of hydrogen-bond donors (Lipinski definition) is 2. The van der Waals surface area contributed by atoms with E-state index in [4.69, 9.17) is 4.74 Å². The Morgan fingerprint density at radius 1 is 1.30 bits per heavy atom. The molecule has 2 N–H and O–H groups in total. The molecule has 1 aromatic heterocycles. The minimum absolute atomic E-state index is 0.456. The van der Waals surface area contributed by atoms with Gasteiger partial charge in [0, 0.05) is 24.7 Å². The monoisotopic (exact) mass is 338 g/mol. The van der Waals surface area contributed by atoms with E-state index in [0.717, 1.165) is 30.5 Å². The van der Waals surface area contributed by atoms with Crippen molar-refractivity contribution in [1.82, 2.24) is 15.6 Å². The lowest BCUT2D eigenvalue weighted by Crippen LogP contribution is -2.38. The molecule has 2 rings (SSSR count). The number of thiazole rings is 1. The van der Waals surface area contributed by atoms with Crippen LogP contribution in [0.25, 0.3) is 0 Å². The van der Waals surface area contributed by atoms with Crippen molar-refractivity contribution >= 4 is 17.3 Å². The lowest BCUT2D eigenvalue weighted by molar-refractivity contribution is 0.0468. The molecule has 0 atom stereocenters. The Balaban J connectivity index is 1.60. The number of aliphatic imine (C=N–C) groups is 1. The van der Waals surface area contributed by atoms with E-state index in [9.17, 15) is 0 Å². The van der Waals surface area contributed by atoms with Gasteiger partial charge >= 0.3 is 0 Å². The van der Waals surface area contributed by atoms with E-state index in [1.807, 2.05) is 6.20 Å². The van der Waals surface area contributed by atoms with Gasteiger partial charge in [-0.05, 0) is 19.3 Å². The van der Waals surface area contributed by atoms with Gasteiger partial charge in [-0.3, -0.25) is 4.99 Å². The van der Waals surface area contributed by atoms with Crippen molar-refractivity contribution in [3.8, 4) is 0 Å². The molecular weight excluding hydrogens is 308 g/mol. The van der Waals surface area contributed by atoms with Crippen LogP contribution in [0.15, 0.2) is 11.2 Å². The lowest BCUT2D eigenvalue weighted by atomic mass is 10.1. The second-order valence-corrected chi connectivity index (χ2v) is 7.11. The van der Waals surface area contributed by atoms with E-state index in [-0.39, 0.29) is 0 Å². The molecule has 6 heteroatoms. The summed E-state index contributed by atoms with van der Waals surface area (Å²) in [5.41, 5.74) is 0. The maximum Gasteiger partial charge on any atom is 0.191 e. The van der Waals surface area contributed by atoms with Crippen LogP contribution in [0.2, 0.25) is 0 Å². The second-order valence-electron chi connectivity index (χ2n) is 5.91. The first-order valence-electron chi connectivity index (χ1n) is 8.81. The number of rotatable bonds is 7. The third-order valence-electron chi connectivity index (χ3n) is 4.13. The summed E-state index contributed by atoms with van der Waals surface area (Å²) < 4.78 is 5.98. The molecule has 1 heterocycles. The van der Waals surface area contributed by atoms with Gasteiger partial charge in [0.05, 0.1) is 19.3 Å². The highest BCUT2D eigenvalue weighted by Gasteiger charge is 2.12. The number of hydrogen-bond acceptors (Lipinski definition) is 4. The highest BCUT2D eigenvalue weighted by Crippen LogP contribution is 2.19. The second kappa shape index (κ2) is 10.6. The molecule has 23 heavy (non-hydrogen) atoms. The minimum atomic E-state index is 0.456. The summed E-state index contributed by atoms with van der Waals surface area (Å²) in [5.74, 6) is 0.808. The van der Waals surface area contributed by atoms with Crippen molar-refractivity contribution in [2.24, 2.45) is 4.99 Å². The molecule has 1 aromatic rings. The van der Waals surface area contributed by atoms with Crippen molar-refractivity contribution < 1.29 is 4.74 Å². The minimum Gasteiger partial charge on any atom is -0.376 e. The molecule has 0 radical (unpaired) electrons. The van der Waals surface area contributed by atoms with Gasteiger partial charge in [0.2, 0.25) is 0 Å². The summed E-state index contributed by atoms with van der Waals surface area (Å²) in [6, 6.07) is 0. The molecule has 0 unspecified atom stereocenters. The Morgan fingerprint density at radius 3 is 2.74 bits per heavy atom. The van der Waals surface area contributed by atoms with Gasteiger partial charge in [0.1, 0.15) is 5.01 Å². The third kappa shape index (κ3) is 6.87. The molecule has 1 aliphatic rings. The molecule has 0 amide bonds. The van der Waals surface area contributed by atoms with Crippen LogP contribution in [0.1, 0.15) is 55.3 Å². The van der Waals surface area contributed by atoms with Crippen LogP contribution in [-0.2, 0) is 17.7 Å². The van der Waals surface area contributed by atoms with Gasteiger partial charge in [0.15, 0.2) is 5.96 Å². The van der Waals surface area contributed by atoms with Crippen molar-refractivity contribution in [2.75, 3.05) is 20.2 Å². The number of aryl methyl sites for hydroxylation is 1. The van der Waals surface area contributed by atoms with E-state index in [2.05, 4.69) is 27.5 Å². The zero-order valence-corrected chi connectivity index (χ0v) is 15.3. The fourth-order valence-corrected chi connectivity index (χ4v) is 3.58. The SMILES string of the molecule is CCc1cnc(CNC(=NC)NCCOC2CCCCCC2)s1. The van der Waals surface area contributed by atoms with Crippen molar-refractivity contribution in [2.45, 2.75) is 64.5 Å². The molecule has 0 aromatic carbocycles. The van der Waals surface area contributed by atoms with Crippen molar-refractivity contribution in [3.05, 3.63) is 16.1 Å². The first-order valence-corrected chi connectivity index (χ1v) is 9.63. The summed E-state index contributed by atoms with van der Waals surface area (Å²) >= 11 is 1.75. The topological polar surface area (TPSA) is 58.5 Å². The zero-order chi connectivity index (χ0) is 16.3. The predicted octanol–water partition coefficient (Wildman–Crippen LogP) is 3.11. The Hall–Kier alpha value is -1.14. The summed E-state index contributed by atoms with van der Waals surface area (Å²) in [4.78, 5) is 9.97. The molecule has 5 nitrogen and oxygen atoms in total. The van der Waals surface area contributed by atoms with Crippen molar-refractivity contribution in [1.29, 1.82) is 0 Å². The van der Waals surface area contributed by atoms with Crippen LogP contribution in [0, 0.1) is 0 Å². The summed E-state index contributed by atoms with van der Waals surface area (Å²) in [6.07, 6.45) is 11.3. The smallest absolute Gasteiger partial charge is 0.191 e. The van der Waals surface area contributed by atoms with Gasteiger partial charge in [-0.15, -0.1) is 11.3 Å². The van der Waals surface area contributed by atoms with E-state index in [1.165, 1.54) is 43.4 Å². The lowest BCUT2D eigenvalue weighted by Gasteiger charge is -2.16. The highest BCUT2D eigenvalue weighted by atomic mass is 32.1. The highest BCUT2D eigenvalue weighted by molar-refractivity contribution is 7.11. The van der Waals surface area contributed by atoms with E-state index in [0.29, 0.717) is 12.6 Å². The van der Waals surface area contributed by atoms with E-state index in [1.54, 1.807) is 18.4 Å². The molecule has 1 fully saturated rings. The zero-order valence-electron chi connectivity index (χ0n) is 14.4. The molecule has 0 bridgehead atoms. The van der Waals surface area contributed by atoms with E-state index >= 15 is 0 Å². The van der Waals surface area contributed by atoms with Gasteiger partial charge in [-0.2, -0.15) is 0 Å². The quantitative estimate of drug-likeness (QED) is 0.347. The standard InChI is InChI=1S/C17H30N4OS/c1-3-15-12-20-16(23-15)13-21-17(18-2)19-10-11-22-14-8-6-4-5-7-9-14/h12,14H,3-11,13H2,1-2H3,(H2,18,19,21).